The fourth-order valence-corrected chi connectivity index (χ4v) is 9.93. The second-order valence-corrected chi connectivity index (χ2v) is 14.3. The van der Waals surface area contributed by atoms with Gasteiger partial charge in [-0.1, -0.05) is 140 Å². The Hall–Kier alpha value is -6.78. The van der Waals surface area contributed by atoms with Crippen molar-refractivity contribution in [3.05, 3.63) is 164 Å². The molecule has 0 saturated heterocycles. The van der Waals surface area contributed by atoms with Gasteiger partial charge in [0, 0.05) is 60.2 Å². The van der Waals surface area contributed by atoms with E-state index in [-0.39, 0.29) is 6.85 Å². The van der Waals surface area contributed by atoms with Crippen LogP contribution in [0.5, 0.6) is 0 Å². The average Bonchev–Trinajstić information content (AvgIpc) is 3.87. The highest BCUT2D eigenvalue weighted by Gasteiger charge is 2.43. The Labute approximate surface area is 298 Å². The van der Waals surface area contributed by atoms with Crippen molar-refractivity contribution in [2.45, 2.75) is 0 Å². The van der Waals surface area contributed by atoms with Crippen LogP contribution in [-0.4, -0.2) is 15.9 Å². The van der Waals surface area contributed by atoms with Crippen LogP contribution < -0.4 is 10.9 Å². The molecule has 0 saturated carbocycles. The van der Waals surface area contributed by atoms with Gasteiger partial charge in [-0.15, -0.1) is 0 Å². The van der Waals surface area contributed by atoms with Crippen LogP contribution in [0.1, 0.15) is 0 Å². The van der Waals surface area contributed by atoms with E-state index in [0.29, 0.717) is 0 Å². The van der Waals surface area contributed by atoms with Crippen LogP contribution in [0.15, 0.2) is 168 Å². The molecule has 5 heterocycles. The first-order valence-corrected chi connectivity index (χ1v) is 18.1. The molecule has 3 nitrogen and oxygen atoms in total. The molecule has 0 atom stereocenters. The van der Waals surface area contributed by atoms with Crippen LogP contribution >= 0.6 is 0 Å². The molecule has 3 aromatic heterocycles. The zero-order valence-corrected chi connectivity index (χ0v) is 28.0. The largest absolute Gasteiger partial charge is 0.455 e. The van der Waals surface area contributed by atoms with Gasteiger partial charge < -0.3 is 13.5 Å². The molecule has 0 radical (unpaired) electrons. The Kier molecular flexibility index (Phi) is 4.94. The molecule has 0 N–H and O–H groups in total. The maximum atomic E-state index is 6.91. The fraction of sp³-hybridized carbons (Fsp3) is 0. The third-order valence-corrected chi connectivity index (χ3v) is 11.9. The van der Waals surface area contributed by atoms with Crippen LogP contribution in [-0.2, 0) is 0 Å². The molecule has 8 aromatic carbocycles. The summed E-state index contributed by atoms with van der Waals surface area (Å²) in [6.45, 7) is -0.0516. The van der Waals surface area contributed by atoms with Crippen LogP contribution in [0.3, 0.4) is 0 Å². The molecule has 4 heteroatoms. The molecular weight excluding hydrogens is 631 g/mol. The number of hydrogen-bond acceptors (Lipinski definition) is 1. The zero-order chi connectivity index (χ0) is 33.7. The fourth-order valence-electron chi connectivity index (χ4n) is 9.93. The topological polar surface area (TPSA) is 23.0 Å². The van der Waals surface area contributed by atoms with Gasteiger partial charge in [0.1, 0.15) is 11.2 Å². The van der Waals surface area contributed by atoms with Crippen molar-refractivity contribution in [2.24, 2.45) is 0 Å². The van der Waals surface area contributed by atoms with Crippen molar-refractivity contribution in [1.29, 1.82) is 0 Å². The number of furan rings is 1. The van der Waals surface area contributed by atoms with Crippen LogP contribution in [0.25, 0.3) is 105 Å². The van der Waals surface area contributed by atoms with Gasteiger partial charge in [-0.3, -0.25) is 0 Å². The lowest BCUT2D eigenvalue weighted by Gasteiger charge is -2.34. The summed E-state index contributed by atoms with van der Waals surface area (Å²) in [6, 6.07) is 60.2. The Morgan fingerprint density at radius 1 is 0.462 bits per heavy atom. The highest BCUT2D eigenvalue weighted by atomic mass is 16.3. The summed E-state index contributed by atoms with van der Waals surface area (Å²) >= 11 is 0. The zero-order valence-electron chi connectivity index (χ0n) is 28.0. The maximum absolute atomic E-state index is 6.91. The number of benzene rings is 8. The lowest BCUT2D eigenvalue weighted by molar-refractivity contribution is 0.670. The highest BCUT2D eigenvalue weighted by Crippen LogP contribution is 2.49. The molecule has 52 heavy (non-hydrogen) atoms. The first kappa shape index (κ1) is 27.0. The van der Waals surface area contributed by atoms with E-state index < -0.39 is 0 Å². The monoisotopic (exact) mass is 658 g/mol. The summed E-state index contributed by atoms with van der Waals surface area (Å²) in [6.07, 6.45) is 0. The first-order valence-electron chi connectivity index (χ1n) is 18.1. The number of aromatic nitrogens is 2. The predicted molar refractivity (Wildman–Crippen MR) is 218 cm³/mol. The first-order chi connectivity index (χ1) is 25.8. The van der Waals surface area contributed by atoms with Crippen LogP contribution in [0, 0.1) is 0 Å². The average molecular weight is 659 g/mol. The van der Waals surface area contributed by atoms with Crippen LogP contribution in [0.2, 0.25) is 0 Å². The highest BCUT2D eigenvalue weighted by molar-refractivity contribution is 6.90. The number of para-hydroxylation sites is 3. The molecular formula is C48H27BN2O. The van der Waals surface area contributed by atoms with Gasteiger partial charge >= 0.3 is 6.85 Å². The summed E-state index contributed by atoms with van der Waals surface area (Å²) in [5.74, 6) is 0. The molecule has 2 aliphatic rings. The second-order valence-electron chi connectivity index (χ2n) is 14.3. The number of rotatable bonds is 2. The van der Waals surface area contributed by atoms with Gasteiger partial charge in [0.15, 0.2) is 0 Å². The molecule has 2 aliphatic heterocycles. The third-order valence-electron chi connectivity index (χ3n) is 11.9. The molecule has 0 bridgehead atoms. The van der Waals surface area contributed by atoms with E-state index in [4.69, 9.17) is 4.42 Å². The molecule has 0 fully saturated rings. The summed E-state index contributed by atoms with van der Waals surface area (Å²) in [5, 5.41) is 7.45. The summed E-state index contributed by atoms with van der Waals surface area (Å²) in [7, 11) is 0. The van der Waals surface area contributed by atoms with Gasteiger partial charge in [0.2, 0.25) is 0 Å². The van der Waals surface area contributed by atoms with E-state index in [9.17, 15) is 0 Å². The number of hydrogen-bond donors (Lipinski definition) is 0. The summed E-state index contributed by atoms with van der Waals surface area (Å²) < 4.78 is 12.1. The second kappa shape index (κ2) is 9.51. The van der Waals surface area contributed by atoms with E-state index in [2.05, 4.69) is 173 Å². The standard InChI is InChI=1S/C48H27BN2O/c1-3-13-28(14-4-1)30-19-12-23-39-42(30)43-31(29-15-5-2-6-16-29)25-26-37-47(43)50(39)40-27-36-33-18-8-10-24-41(33)52-48(36)44-35-21-11-20-34-32-17-7-9-22-38(32)51(46(34)35)49(37)45(40)44/h1-27H. The number of fused-ring (bicyclic) bond motifs is 14. The number of nitrogens with zero attached hydrogens (tertiary/aromatic N) is 2. The summed E-state index contributed by atoms with van der Waals surface area (Å²) in [4.78, 5) is 0. The summed E-state index contributed by atoms with van der Waals surface area (Å²) in [5.41, 5.74) is 18.1. The normalized spacial score (nSPS) is 13.0. The molecule has 0 unspecified atom stereocenters. The lowest BCUT2D eigenvalue weighted by atomic mass is 9.45. The van der Waals surface area contributed by atoms with Gasteiger partial charge in [-0.25, -0.2) is 0 Å². The minimum absolute atomic E-state index is 0.0516. The van der Waals surface area contributed by atoms with Gasteiger partial charge in [0.25, 0.3) is 0 Å². The van der Waals surface area contributed by atoms with Crippen molar-refractivity contribution >= 4 is 83.3 Å². The van der Waals surface area contributed by atoms with Gasteiger partial charge in [-0.05, 0) is 57.4 Å². The smallest absolute Gasteiger partial charge is 0.333 e. The Bertz CT molecular complexity index is 3350. The van der Waals surface area contributed by atoms with Crippen LogP contribution in [0.4, 0.5) is 0 Å². The quantitative estimate of drug-likeness (QED) is 0.170. The molecule has 0 aliphatic carbocycles. The lowest BCUT2D eigenvalue weighted by Crippen LogP contribution is -2.55. The van der Waals surface area contributed by atoms with Crippen molar-refractivity contribution in [2.75, 3.05) is 0 Å². The van der Waals surface area contributed by atoms with Crippen molar-refractivity contribution in [3.63, 3.8) is 0 Å². The maximum Gasteiger partial charge on any atom is 0.333 e. The third kappa shape index (κ3) is 3.16. The van der Waals surface area contributed by atoms with E-state index in [1.807, 2.05) is 0 Å². The SMILES string of the molecule is c1ccc(-c2cccc3c2c2c(-c4ccccc4)ccc4c2n3-c2cc3c(oc5ccccc53)c3c2B4n2c4ccccc4c4cccc-3c42)cc1. The Morgan fingerprint density at radius 2 is 1.12 bits per heavy atom. The minimum atomic E-state index is -0.0516. The van der Waals surface area contributed by atoms with E-state index >= 15 is 0 Å². The molecule has 13 rings (SSSR count). The Balaban J connectivity index is 1.32. The van der Waals surface area contributed by atoms with Crippen molar-refractivity contribution < 1.29 is 4.42 Å². The van der Waals surface area contributed by atoms with Crippen molar-refractivity contribution in [1.82, 2.24) is 9.05 Å². The Morgan fingerprint density at radius 3 is 1.94 bits per heavy atom. The van der Waals surface area contributed by atoms with Gasteiger partial charge in [0.05, 0.1) is 11.0 Å². The molecule has 11 aromatic rings. The van der Waals surface area contributed by atoms with Gasteiger partial charge in [-0.2, -0.15) is 0 Å². The van der Waals surface area contributed by atoms with Crippen molar-refractivity contribution in [3.8, 4) is 39.1 Å². The molecule has 238 valence electrons. The molecule has 0 amide bonds. The van der Waals surface area contributed by atoms with E-state index in [1.54, 1.807) is 0 Å². The van der Waals surface area contributed by atoms with E-state index in [1.165, 1.54) is 93.6 Å². The molecule has 0 spiro atoms. The predicted octanol–water partition coefficient (Wildman–Crippen LogP) is 11.1. The van der Waals surface area contributed by atoms with E-state index in [0.717, 1.165) is 21.9 Å². The minimum Gasteiger partial charge on any atom is -0.455 e.